The van der Waals surface area contributed by atoms with Gasteiger partial charge in [-0.15, -0.1) is 0 Å². The molecule has 98 valence electrons. The molecule has 3 rings (SSSR count). The highest BCUT2D eigenvalue weighted by Gasteiger charge is 2.18. The van der Waals surface area contributed by atoms with Crippen molar-refractivity contribution in [1.82, 2.24) is 0 Å². The molecule has 0 saturated carbocycles. The Morgan fingerprint density at radius 2 is 1.79 bits per heavy atom. The van der Waals surface area contributed by atoms with Gasteiger partial charge in [-0.2, -0.15) is 0 Å². The van der Waals surface area contributed by atoms with Crippen LogP contribution in [-0.2, 0) is 18.0 Å². The second-order valence-electron chi connectivity index (χ2n) is 4.66. The van der Waals surface area contributed by atoms with Crippen LogP contribution in [0.4, 0.5) is 8.78 Å². The third-order valence-corrected chi connectivity index (χ3v) is 3.40. The predicted octanol–water partition coefficient (Wildman–Crippen LogP) is 3.04. The Balaban J connectivity index is 1.99. The van der Waals surface area contributed by atoms with Crippen molar-refractivity contribution in [3.63, 3.8) is 0 Å². The fourth-order valence-corrected chi connectivity index (χ4v) is 2.32. The Kier molecular flexibility index (Phi) is 3.05. The van der Waals surface area contributed by atoms with Gasteiger partial charge in [0, 0.05) is 5.56 Å². The van der Waals surface area contributed by atoms with Gasteiger partial charge < -0.3 is 10.5 Å². The quantitative estimate of drug-likeness (QED) is 0.901. The fraction of sp³-hybridized carbons (Fsp3) is 0.200. The minimum Gasteiger partial charge on any atom is -0.372 e. The molecule has 2 aromatic carbocycles. The van der Waals surface area contributed by atoms with E-state index in [0.29, 0.717) is 13.2 Å². The largest absolute Gasteiger partial charge is 0.372 e. The molecular weight excluding hydrogens is 248 g/mol. The summed E-state index contributed by atoms with van der Waals surface area (Å²) in [5.74, 6) is -0.984. The minimum absolute atomic E-state index is 0.166. The number of hydrogen-bond acceptors (Lipinski definition) is 2. The molecule has 0 amide bonds. The van der Waals surface area contributed by atoms with Crippen LogP contribution in [0.1, 0.15) is 28.3 Å². The van der Waals surface area contributed by atoms with E-state index in [4.69, 9.17) is 10.5 Å². The molecule has 0 saturated heterocycles. The van der Waals surface area contributed by atoms with Crippen molar-refractivity contribution in [2.45, 2.75) is 19.3 Å². The van der Waals surface area contributed by atoms with E-state index in [1.165, 1.54) is 0 Å². The average Bonchev–Trinajstić information content (AvgIpc) is 2.88. The molecular formula is C15H13F2NO. The van der Waals surface area contributed by atoms with Crippen LogP contribution in [0.25, 0.3) is 0 Å². The molecule has 0 radical (unpaired) electrons. The maximum absolute atomic E-state index is 13.7. The molecule has 4 heteroatoms. The van der Waals surface area contributed by atoms with E-state index in [2.05, 4.69) is 0 Å². The lowest BCUT2D eigenvalue weighted by Gasteiger charge is -2.14. The molecule has 0 aliphatic carbocycles. The lowest BCUT2D eigenvalue weighted by atomic mass is 9.96. The third-order valence-electron chi connectivity index (χ3n) is 3.40. The molecule has 2 aromatic rings. The first kappa shape index (κ1) is 12.3. The minimum atomic E-state index is -0.679. The molecule has 1 atom stereocenters. The van der Waals surface area contributed by atoms with Crippen molar-refractivity contribution in [3.8, 4) is 0 Å². The number of fused-ring (bicyclic) bond motifs is 1. The highest BCUT2D eigenvalue weighted by atomic mass is 19.1. The molecule has 0 bridgehead atoms. The average molecular weight is 261 g/mol. The summed E-state index contributed by atoms with van der Waals surface area (Å²) in [5, 5.41) is 0. The number of halogens is 2. The van der Waals surface area contributed by atoms with E-state index in [0.717, 1.165) is 34.9 Å². The van der Waals surface area contributed by atoms with Gasteiger partial charge in [0.15, 0.2) is 0 Å². The van der Waals surface area contributed by atoms with Crippen LogP contribution in [0, 0.1) is 11.6 Å². The van der Waals surface area contributed by atoms with Gasteiger partial charge in [-0.3, -0.25) is 0 Å². The maximum atomic E-state index is 13.7. The summed E-state index contributed by atoms with van der Waals surface area (Å²) in [6.07, 6.45) is 0. The van der Waals surface area contributed by atoms with Gasteiger partial charge in [-0.1, -0.05) is 18.2 Å². The molecule has 2 nitrogen and oxygen atoms in total. The molecule has 1 aliphatic heterocycles. The summed E-state index contributed by atoms with van der Waals surface area (Å²) >= 11 is 0. The van der Waals surface area contributed by atoms with Crippen molar-refractivity contribution in [2.24, 2.45) is 5.73 Å². The maximum Gasteiger partial charge on any atom is 0.128 e. The van der Waals surface area contributed by atoms with Crippen LogP contribution in [0.15, 0.2) is 36.4 Å². The van der Waals surface area contributed by atoms with E-state index < -0.39 is 17.7 Å². The molecule has 0 fully saturated rings. The number of benzene rings is 2. The van der Waals surface area contributed by atoms with E-state index in [1.54, 1.807) is 0 Å². The molecule has 2 N–H and O–H groups in total. The monoisotopic (exact) mass is 261 g/mol. The van der Waals surface area contributed by atoms with Gasteiger partial charge in [0.05, 0.1) is 19.3 Å². The lowest BCUT2D eigenvalue weighted by Crippen LogP contribution is -2.14. The number of ether oxygens (including phenoxy) is 1. The highest BCUT2D eigenvalue weighted by Crippen LogP contribution is 2.27. The SMILES string of the molecule is NC(c1ccc2c(c1)COC2)c1cc(F)ccc1F. The summed E-state index contributed by atoms with van der Waals surface area (Å²) in [6, 6.07) is 8.31. The van der Waals surface area contributed by atoms with E-state index >= 15 is 0 Å². The molecule has 19 heavy (non-hydrogen) atoms. The first-order valence-corrected chi connectivity index (χ1v) is 6.05. The van der Waals surface area contributed by atoms with E-state index in [9.17, 15) is 8.78 Å². The topological polar surface area (TPSA) is 35.2 Å². The van der Waals surface area contributed by atoms with Crippen molar-refractivity contribution >= 4 is 0 Å². The van der Waals surface area contributed by atoms with Crippen LogP contribution < -0.4 is 5.73 Å². The number of nitrogens with two attached hydrogens (primary N) is 1. The fourth-order valence-electron chi connectivity index (χ4n) is 2.32. The molecule has 1 aliphatic rings. The summed E-state index contributed by atoms with van der Waals surface area (Å²) < 4.78 is 32.2. The van der Waals surface area contributed by atoms with Crippen LogP contribution in [0.2, 0.25) is 0 Å². The van der Waals surface area contributed by atoms with Crippen LogP contribution in [0.5, 0.6) is 0 Å². The molecule has 1 heterocycles. The normalized spacial score (nSPS) is 15.3. The van der Waals surface area contributed by atoms with Crippen LogP contribution in [-0.4, -0.2) is 0 Å². The predicted molar refractivity (Wildman–Crippen MR) is 67.3 cm³/mol. The first-order valence-electron chi connectivity index (χ1n) is 6.05. The van der Waals surface area contributed by atoms with Crippen molar-refractivity contribution < 1.29 is 13.5 Å². The zero-order valence-corrected chi connectivity index (χ0v) is 10.2. The smallest absolute Gasteiger partial charge is 0.128 e. The van der Waals surface area contributed by atoms with E-state index in [1.807, 2.05) is 18.2 Å². The summed E-state index contributed by atoms with van der Waals surface area (Å²) in [4.78, 5) is 0. The van der Waals surface area contributed by atoms with Crippen molar-refractivity contribution in [1.29, 1.82) is 0 Å². The second-order valence-corrected chi connectivity index (χ2v) is 4.66. The highest BCUT2D eigenvalue weighted by molar-refractivity contribution is 5.39. The van der Waals surface area contributed by atoms with Crippen molar-refractivity contribution in [3.05, 3.63) is 70.3 Å². The standard InChI is InChI=1S/C15H13F2NO/c16-12-3-4-14(17)13(6-12)15(18)9-1-2-10-7-19-8-11(10)5-9/h1-6,15H,7-8,18H2. The van der Waals surface area contributed by atoms with Gasteiger partial charge in [0.1, 0.15) is 11.6 Å². The van der Waals surface area contributed by atoms with Gasteiger partial charge >= 0.3 is 0 Å². The summed E-state index contributed by atoms with van der Waals surface area (Å²) in [7, 11) is 0. The van der Waals surface area contributed by atoms with E-state index in [-0.39, 0.29) is 5.56 Å². The zero-order chi connectivity index (χ0) is 13.4. The second kappa shape index (κ2) is 4.72. The van der Waals surface area contributed by atoms with Gasteiger partial charge in [-0.25, -0.2) is 8.78 Å². The Hall–Kier alpha value is -1.78. The zero-order valence-electron chi connectivity index (χ0n) is 10.2. The van der Waals surface area contributed by atoms with Crippen LogP contribution >= 0.6 is 0 Å². The molecule has 0 aromatic heterocycles. The Labute approximate surface area is 109 Å². The van der Waals surface area contributed by atoms with Gasteiger partial charge in [0.25, 0.3) is 0 Å². The third kappa shape index (κ3) is 2.25. The Morgan fingerprint density at radius 3 is 2.63 bits per heavy atom. The lowest BCUT2D eigenvalue weighted by molar-refractivity contribution is 0.134. The van der Waals surface area contributed by atoms with Gasteiger partial charge in [0.2, 0.25) is 0 Å². The van der Waals surface area contributed by atoms with Gasteiger partial charge in [-0.05, 0) is 34.9 Å². The molecule has 0 spiro atoms. The summed E-state index contributed by atoms with van der Waals surface area (Å²) in [6.45, 7) is 1.14. The number of hydrogen-bond donors (Lipinski definition) is 1. The number of rotatable bonds is 2. The Morgan fingerprint density at radius 1 is 1.00 bits per heavy atom. The summed E-state index contributed by atoms with van der Waals surface area (Å²) in [5.41, 5.74) is 9.14. The van der Waals surface area contributed by atoms with Crippen molar-refractivity contribution in [2.75, 3.05) is 0 Å². The van der Waals surface area contributed by atoms with Crippen LogP contribution in [0.3, 0.4) is 0 Å². The Bertz CT molecular complexity index is 628. The molecule has 1 unspecified atom stereocenters. The first-order chi connectivity index (χ1) is 9.15.